The van der Waals surface area contributed by atoms with E-state index in [0.29, 0.717) is 17.1 Å². The molecule has 4 rings (SSSR count). The van der Waals surface area contributed by atoms with E-state index in [1.807, 2.05) is 68.4 Å². The Balaban J connectivity index is 0.000000880. The van der Waals surface area contributed by atoms with Gasteiger partial charge in [0.05, 0.1) is 0 Å². The van der Waals surface area contributed by atoms with Crippen molar-refractivity contribution in [1.82, 2.24) is 15.0 Å². The van der Waals surface area contributed by atoms with E-state index in [2.05, 4.69) is 19.7 Å². The molecular weight excluding hydrogens is 332 g/mol. The third kappa shape index (κ3) is 4.16. The molecule has 5 nitrogen and oxygen atoms in total. The van der Waals surface area contributed by atoms with Crippen LogP contribution in [0.3, 0.4) is 0 Å². The van der Waals surface area contributed by atoms with Gasteiger partial charge in [-0.05, 0) is 48.3 Å². The Kier molecular flexibility index (Phi) is 5.64. The number of benzene rings is 1. The molecule has 6 heteroatoms. The Bertz CT molecular complexity index is 907. The molecule has 0 saturated carbocycles. The maximum Gasteiger partial charge on any atom is 0.229 e. The molecule has 1 N–H and O–H groups in total. The monoisotopic (exact) mass is 350 g/mol. The number of aromatic nitrogens is 3. The number of oxazole rings is 1. The van der Waals surface area contributed by atoms with Crippen LogP contribution >= 0.6 is 11.9 Å². The van der Waals surface area contributed by atoms with Gasteiger partial charge < -0.3 is 9.14 Å². The molecule has 3 heterocycles. The fraction of sp³-hybridized carbons (Fsp3) is 0.105. The van der Waals surface area contributed by atoms with Crippen LogP contribution in [0.5, 0.6) is 0 Å². The van der Waals surface area contributed by atoms with Crippen molar-refractivity contribution in [2.24, 2.45) is 0 Å². The van der Waals surface area contributed by atoms with Gasteiger partial charge in [-0.15, -0.1) is 0 Å². The Hall–Kier alpha value is -2.86. The maximum absolute atomic E-state index is 5.74. The summed E-state index contributed by atoms with van der Waals surface area (Å²) < 4.78 is 8.96. The summed E-state index contributed by atoms with van der Waals surface area (Å²) >= 11 is 1.51. The Morgan fingerprint density at radius 2 is 1.76 bits per heavy atom. The first-order valence-electron chi connectivity index (χ1n) is 8.04. The second-order valence-electron chi connectivity index (χ2n) is 4.79. The van der Waals surface area contributed by atoms with Gasteiger partial charge in [-0.1, -0.05) is 32.0 Å². The first-order valence-corrected chi connectivity index (χ1v) is 8.86. The van der Waals surface area contributed by atoms with Gasteiger partial charge in [0.1, 0.15) is 5.82 Å². The number of anilines is 1. The van der Waals surface area contributed by atoms with Crippen LogP contribution in [0.2, 0.25) is 0 Å². The fourth-order valence-corrected chi connectivity index (χ4v) is 2.74. The number of hydrogen-bond donors (Lipinski definition) is 1. The molecule has 3 aromatic heterocycles. The molecule has 4 aromatic rings. The van der Waals surface area contributed by atoms with Crippen LogP contribution in [0.25, 0.3) is 22.7 Å². The van der Waals surface area contributed by atoms with Crippen LogP contribution in [0.15, 0.2) is 76.3 Å². The Morgan fingerprint density at radius 1 is 0.920 bits per heavy atom. The number of nitrogens with one attached hydrogen (secondary N) is 1. The SMILES string of the molecule is CC.c1ccc(SNc2cc(-c3nc4ncccc4o3)ccn2)cc1. The molecule has 0 atom stereocenters. The molecule has 1 aromatic carbocycles. The lowest BCUT2D eigenvalue weighted by Gasteiger charge is -2.05. The van der Waals surface area contributed by atoms with E-state index < -0.39 is 0 Å². The molecule has 25 heavy (non-hydrogen) atoms. The second-order valence-corrected chi connectivity index (χ2v) is 5.67. The van der Waals surface area contributed by atoms with Crippen LogP contribution in [0.1, 0.15) is 13.8 Å². The smallest absolute Gasteiger partial charge is 0.229 e. The zero-order valence-corrected chi connectivity index (χ0v) is 14.8. The molecule has 0 aliphatic heterocycles. The van der Waals surface area contributed by atoms with Gasteiger partial charge in [0.2, 0.25) is 5.89 Å². The normalized spacial score (nSPS) is 10.2. The summed E-state index contributed by atoms with van der Waals surface area (Å²) in [6.45, 7) is 4.00. The lowest BCUT2D eigenvalue weighted by molar-refractivity contribution is 0.619. The van der Waals surface area contributed by atoms with Crippen LogP contribution < -0.4 is 4.72 Å². The van der Waals surface area contributed by atoms with Crippen LogP contribution in [0, 0.1) is 0 Å². The number of pyridine rings is 2. The zero-order valence-electron chi connectivity index (χ0n) is 14.0. The first-order chi connectivity index (χ1) is 12.4. The number of nitrogens with zero attached hydrogens (tertiary/aromatic N) is 3. The van der Waals surface area contributed by atoms with Crippen molar-refractivity contribution in [2.45, 2.75) is 18.7 Å². The molecule has 0 amide bonds. The summed E-state index contributed by atoms with van der Waals surface area (Å²) in [6, 6.07) is 17.5. The van der Waals surface area contributed by atoms with E-state index in [1.54, 1.807) is 12.4 Å². The van der Waals surface area contributed by atoms with Crippen LogP contribution in [-0.4, -0.2) is 15.0 Å². The average molecular weight is 350 g/mol. The number of fused-ring (bicyclic) bond motifs is 1. The molecule has 0 aliphatic rings. The minimum Gasteiger partial charge on any atom is -0.434 e. The van der Waals surface area contributed by atoms with Crippen LogP contribution in [-0.2, 0) is 0 Å². The lowest BCUT2D eigenvalue weighted by atomic mass is 10.2. The van der Waals surface area contributed by atoms with Gasteiger partial charge >= 0.3 is 0 Å². The molecule has 126 valence electrons. The predicted molar refractivity (Wildman–Crippen MR) is 102 cm³/mol. The highest BCUT2D eigenvalue weighted by Crippen LogP contribution is 2.26. The summed E-state index contributed by atoms with van der Waals surface area (Å²) in [4.78, 5) is 14.0. The van der Waals surface area contributed by atoms with Crippen molar-refractivity contribution in [3.05, 3.63) is 67.0 Å². The highest BCUT2D eigenvalue weighted by molar-refractivity contribution is 8.00. The lowest BCUT2D eigenvalue weighted by Crippen LogP contribution is -1.91. The largest absolute Gasteiger partial charge is 0.434 e. The molecule has 0 unspecified atom stereocenters. The van der Waals surface area contributed by atoms with Gasteiger partial charge in [-0.2, -0.15) is 4.98 Å². The summed E-state index contributed by atoms with van der Waals surface area (Å²) in [5, 5.41) is 0. The number of hydrogen-bond acceptors (Lipinski definition) is 6. The summed E-state index contributed by atoms with van der Waals surface area (Å²) in [6.07, 6.45) is 3.43. The maximum atomic E-state index is 5.74. The van der Waals surface area contributed by atoms with Crippen molar-refractivity contribution in [2.75, 3.05) is 4.72 Å². The third-order valence-electron chi connectivity index (χ3n) is 3.19. The minimum absolute atomic E-state index is 0.536. The average Bonchev–Trinajstić information content (AvgIpc) is 3.13. The van der Waals surface area contributed by atoms with E-state index in [4.69, 9.17) is 4.42 Å². The van der Waals surface area contributed by atoms with E-state index in [9.17, 15) is 0 Å². The van der Waals surface area contributed by atoms with Crippen molar-refractivity contribution >= 4 is 29.0 Å². The summed E-state index contributed by atoms with van der Waals surface area (Å²) in [7, 11) is 0. The minimum atomic E-state index is 0.536. The van der Waals surface area contributed by atoms with Crippen molar-refractivity contribution < 1.29 is 4.42 Å². The topological polar surface area (TPSA) is 63.8 Å². The molecule has 0 aliphatic carbocycles. The standard InChI is InChI=1S/C17H12N4OS.C2H6/c1-2-5-13(6-3-1)23-21-15-11-12(8-10-18-15)17-20-16-14(22-17)7-4-9-19-16;1-2/h1-11H,(H,18,21);1-2H3. The van der Waals surface area contributed by atoms with Crippen molar-refractivity contribution in [3.8, 4) is 11.5 Å². The van der Waals surface area contributed by atoms with Crippen LogP contribution in [0.4, 0.5) is 5.82 Å². The molecule has 0 radical (unpaired) electrons. The zero-order chi connectivity index (χ0) is 17.5. The molecule has 0 saturated heterocycles. The Labute approximate surface area is 150 Å². The predicted octanol–water partition coefficient (Wildman–Crippen LogP) is 5.43. The van der Waals surface area contributed by atoms with E-state index >= 15 is 0 Å². The highest BCUT2D eigenvalue weighted by atomic mass is 32.2. The van der Waals surface area contributed by atoms with Crippen molar-refractivity contribution in [3.63, 3.8) is 0 Å². The van der Waals surface area contributed by atoms with Gasteiger partial charge in [-0.3, -0.25) is 0 Å². The first kappa shape index (κ1) is 17.0. The quantitative estimate of drug-likeness (QED) is 0.495. The Morgan fingerprint density at radius 3 is 2.56 bits per heavy atom. The van der Waals surface area contributed by atoms with Gasteiger partial charge in [0.15, 0.2) is 11.2 Å². The summed E-state index contributed by atoms with van der Waals surface area (Å²) in [5.74, 6) is 1.28. The fourth-order valence-electron chi connectivity index (χ4n) is 2.11. The molecule has 0 spiro atoms. The van der Waals surface area contributed by atoms with E-state index in [-0.39, 0.29) is 0 Å². The third-order valence-corrected chi connectivity index (χ3v) is 4.01. The number of rotatable bonds is 4. The molecule has 0 fully saturated rings. The molecule has 0 bridgehead atoms. The van der Waals surface area contributed by atoms with E-state index in [0.717, 1.165) is 16.3 Å². The van der Waals surface area contributed by atoms with E-state index in [1.165, 1.54) is 11.9 Å². The van der Waals surface area contributed by atoms with Gasteiger partial charge in [0.25, 0.3) is 0 Å². The second kappa shape index (κ2) is 8.30. The van der Waals surface area contributed by atoms with Gasteiger partial charge in [0, 0.05) is 22.9 Å². The molecular formula is C19H18N4OS. The highest BCUT2D eigenvalue weighted by Gasteiger charge is 2.09. The van der Waals surface area contributed by atoms with Gasteiger partial charge in [-0.25, -0.2) is 9.97 Å². The summed E-state index contributed by atoms with van der Waals surface area (Å²) in [5.41, 5.74) is 2.13. The van der Waals surface area contributed by atoms with Crippen molar-refractivity contribution in [1.29, 1.82) is 0 Å².